The van der Waals surface area contributed by atoms with Gasteiger partial charge in [-0.05, 0) is 75.8 Å². The molecule has 62 heavy (non-hydrogen) atoms. The lowest BCUT2D eigenvalue weighted by atomic mass is 9.90. The molecule has 0 saturated carbocycles. The lowest BCUT2D eigenvalue weighted by Crippen LogP contribution is -2.01. The highest BCUT2D eigenvalue weighted by molar-refractivity contribution is 6.17. The van der Waals surface area contributed by atoms with Crippen LogP contribution in [0.1, 0.15) is 0 Å². The van der Waals surface area contributed by atoms with E-state index in [4.69, 9.17) is 19.4 Å². The van der Waals surface area contributed by atoms with Gasteiger partial charge in [-0.2, -0.15) is 0 Å². The molecule has 12 aromatic rings. The van der Waals surface area contributed by atoms with Gasteiger partial charge in [0.25, 0.3) is 0 Å². The summed E-state index contributed by atoms with van der Waals surface area (Å²) < 4.78 is 9.00. The van der Waals surface area contributed by atoms with Crippen LogP contribution in [0.15, 0.2) is 223 Å². The summed E-state index contributed by atoms with van der Waals surface area (Å²) in [6.07, 6.45) is 0. The molecule has 0 radical (unpaired) electrons. The SMILES string of the molecule is c1ccc(-c2nc(-c3ccccc3)nc(-c3cc(-c4ccccc4-c4ccccc4)ccc3-c3ccc4oc5cc6c(cc5c4c3)c3ccccc3n6-c3ccccc3)n2)cc1. The Hall–Kier alpha value is -8.41. The number of rotatable bonds is 7. The van der Waals surface area contributed by atoms with Crippen molar-refractivity contribution in [2.75, 3.05) is 0 Å². The van der Waals surface area contributed by atoms with Crippen molar-refractivity contribution in [1.82, 2.24) is 19.5 Å². The fraction of sp³-hybridized carbons (Fsp3) is 0. The van der Waals surface area contributed by atoms with Crippen molar-refractivity contribution in [2.45, 2.75) is 0 Å². The predicted octanol–water partition coefficient (Wildman–Crippen LogP) is 14.9. The van der Waals surface area contributed by atoms with Gasteiger partial charge < -0.3 is 8.98 Å². The van der Waals surface area contributed by atoms with Crippen molar-refractivity contribution in [3.05, 3.63) is 218 Å². The molecule has 0 bridgehead atoms. The molecule has 0 aliphatic heterocycles. The molecule has 0 spiro atoms. The molecule has 0 atom stereocenters. The molecule has 3 heterocycles. The first-order valence-electron chi connectivity index (χ1n) is 20.8. The molecule has 0 aliphatic rings. The third kappa shape index (κ3) is 6.06. The number of furan rings is 1. The van der Waals surface area contributed by atoms with Crippen molar-refractivity contribution in [2.24, 2.45) is 0 Å². The molecule has 12 rings (SSSR count). The molecular formula is C57H36N4O. The van der Waals surface area contributed by atoms with Crippen molar-refractivity contribution < 1.29 is 4.42 Å². The highest BCUT2D eigenvalue weighted by atomic mass is 16.3. The van der Waals surface area contributed by atoms with E-state index in [1.807, 2.05) is 60.7 Å². The number of benzene rings is 9. The topological polar surface area (TPSA) is 56.7 Å². The monoisotopic (exact) mass is 792 g/mol. The van der Waals surface area contributed by atoms with Crippen molar-refractivity contribution >= 4 is 43.7 Å². The van der Waals surface area contributed by atoms with E-state index in [9.17, 15) is 0 Å². The van der Waals surface area contributed by atoms with Crippen LogP contribution in [-0.4, -0.2) is 19.5 Å². The van der Waals surface area contributed by atoms with Crippen molar-refractivity contribution in [3.8, 4) is 73.2 Å². The van der Waals surface area contributed by atoms with Crippen LogP contribution in [0, 0.1) is 0 Å². The van der Waals surface area contributed by atoms with Crippen LogP contribution < -0.4 is 0 Å². The lowest BCUT2D eigenvalue weighted by molar-refractivity contribution is 0.669. The Morgan fingerprint density at radius 3 is 1.50 bits per heavy atom. The lowest BCUT2D eigenvalue weighted by Gasteiger charge is -2.16. The number of aromatic nitrogens is 4. The normalized spacial score (nSPS) is 11.5. The summed E-state index contributed by atoms with van der Waals surface area (Å²) in [5.41, 5.74) is 14.4. The van der Waals surface area contributed by atoms with Gasteiger partial charge >= 0.3 is 0 Å². The van der Waals surface area contributed by atoms with E-state index < -0.39 is 0 Å². The third-order valence-electron chi connectivity index (χ3n) is 11.9. The predicted molar refractivity (Wildman–Crippen MR) is 254 cm³/mol. The summed E-state index contributed by atoms with van der Waals surface area (Å²) in [6, 6.07) is 76.3. The average molecular weight is 793 g/mol. The fourth-order valence-electron chi connectivity index (χ4n) is 8.94. The number of hydrogen-bond donors (Lipinski definition) is 0. The van der Waals surface area contributed by atoms with Gasteiger partial charge in [0.2, 0.25) is 0 Å². The summed E-state index contributed by atoms with van der Waals surface area (Å²) >= 11 is 0. The molecule has 290 valence electrons. The zero-order chi connectivity index (χ0) is 41.0. The van der Waals surface area contributed by atoms with E-state index in [0.717, 1.165) is 88.7 Å². The van der Waals surface area contributed by atoms with Crippen molar-refractivity contribution in [3.63, 3.8) is 0 Å². The maximum absolute atomic E-state index is 6.67. The molecule has 0 saturated heterocycles. The van der Waals surface area contributed by atoms with Gasteiger partial charge in [0, 0.05) is 50.0 Å². The van der Waals surface area contributed by atoms with Gasteiger partial charge in [0.05, 0.1) is 11.0 Å². The van der Waals surface area contributed by atoms with Gasteiger partial charge in [-0.25, -0.2) is 15.0 Å². The first kappa shape index (κ1) is 35.5. The van der Waals surface area contributed by atoms with Gasteiger partial charge in [0.15, 0.2) is 17.5 Å². The van der Waals surface area contributed by atoms with Crippen molar-refractivity contribution in [1.29, 1.82) is 0 Å². The van der Waals surface area contributed by atoms with E-state index in [-0.39, 0.29) is 0 Å². The smallest absolute Gasteiger partial charge is 0.164 e. The van der Waals surface area contributed by atoms with Gasteiger partial charge in [-0.15, -0.1) is 0 Å². The average Bonchev–Trinajstić information content (AvgIpc) is 3.88. The molecule has 0 N–H and O–H groups in total. The van der Waals surface area contributed by atoms with Gasteiger partial charge in [-0.1, -0.05) is 170 Å². The first-order valence-corrected chi connectivity index (χ1v) is 20.8. The van der Waals surface area contributed by atoms with Gasteiger partial charge in [-0.3, -0.25) is 0 Å². The molecule has 0 aliphatic carbocycles. The van der Waals surface area contributed by atoms with Crippen LogP contribution in [0.3, 0.4) is 0 Å². The Kier molecular flexibility index (Phi) is 8.42. The molecule has 5 heteroatoms. The number of nitrogens with zero attached hydrogens (tertiary/aromatic N) is 4. The Labute approximate surface area is 357 Å². The zero-order valence-electron chi connectivity index (χ0n) is 33.5. The van der Waals surface area contributed by atoms with Crippen LogP contribution >= 0.6 is 0 Å². The molecule has 3 aromatic heterocycles. The van der Waals surface area contributed by atoms with Crippen LogP contribution in [0.25, 0.3) is 117 Å². The maximum atomic E-state index is 6.67. The van der Waals surface area contributed by atoms with Crippen LogP contribution in [0.2, 0.25) is 0 Å². The summed E-state index contributed by atoms with van der Waals surface area (Å²) in [4.78, 5) is 15.5. The Morgan fingerprint density at radius 1 is 0.290 bits per heavy atom. The van der Waals surface area contributed by atoms with E-state index >= 15 is 0 Å². The number of fused-ring (bicyclic) bond motifs is 6. The molecule has 0 unspecified atom stereocenters. The first-order chi connectivity index (χ1) is 30.7. The highest BCUT2D eigenvalue weighted by Crippen LogP contribution is 2.42. The minimum Gasteiger partial charge on any atom is -0.456 e. The third-order valence-corrected chi connectivity index (χ3v) is 11.9. The fourth-order valence-corrected chi connectivity index (χ4v) is 8.94. The van der Waals surface area contributed by atoms with Gasteiger partial charge in [0.1, 0.15) is 11.2 Å². The Bertz CT molecular complexity index is 3560. The molecule has 9 aromatic carbocycles. The Morgan fingerprint density at radius 2 is 0.806 bits per heavy atom. The quantitative estimate of drug-likeness (QED) is 0.161. The second-order valence-corrected chi connectivity index (χ2v) is 15.6. The number of para-hydroxylation sites is 2. The molecule has 0 amide bonds. The van der Waals surface area contributed by atoms with E-state index in [1.165, 1.54) is 10.8 Å². The summed E-state index contributed by atoms with van der Waals surface area (Å²) in [7, 11) is 0. The second-order valence-electron chi connectivity index (χ2n) is 15.6. The number of hydrogen-bond acceptors (Lipinski definition) is 4. The highest BCUT2D eigenvalue weighted by Gasteiger charge is 2.21. The summed E-state index contributed by atoms with van der Waals surface area (Å²) in [5.74, 6) is 1.83. The summed E-state index contributed by atoms with van der Waals surface area (Å²) in [5, 5.41) is 4.49. The standard InChI is InChI=1S/C57H36N4O/c1-5-17-37(18-6-1)43-25-13-14-26-44(43)40-29-31-45(50(34-40)57-59-55(38-19-7-2-8-20-38)58-56(60-57)39-21-9-3-10-22-39)41-30-32-53-48(33-41)49-35-47-46-27-15-16-28-51(46)61(42-23-11-4-12-24-42)52(47)36-54(49)62-53/h1-36H. The minimum absolute atomic E-state index is 0.597. The largest absolute Gasteiger partial charge is 0.456 e. The molecule has 0 fully saturated rings. The van der Waals surface area contributed by atoms with E-state index in [2.05, 4.69) is 162 Å². The van der Waals surface area contributed by atoms with Crippen LogP contribution in [-0.2, 0) is 0 Å². The minimum atomic E-state index is 0.597. The maximum Gasteiger partial charge on any atom is 0.164 e. The summed E-state index contributed by atoms with van der Waals surface area (Å²) in [6.45, 7) is 0. The van der Waals surface area contributed by atoms with Crippen LogP contribution in [0.4, 0.5) is 0 Å². The Balaban J connectivity index is 1.09. The van der Waals surface area contributed by atoms with Crippen LogP contribution in [0.5, 0.6) is 0 Å². The second kappa shape index (κ2) is 14.7. The molecular weight excluding hydrogens is 757 g/mol. The molecule has 5 nitrogen and oxygen atoms in total. The zero-order valence-corrected chi connectivity index (χ0v) is 33.5. The van der Waals surface area contributed by atoms with E-state index in [1.54, 1.807) is 0 Å². The van der Waals surface area contributed by atoms with E-state index in [0.29, 0.717) is 17.5 Å².